The van der Waals surface area contributed by atoms with E-state index in [1.807, 2.05) is 0 Å². The van der Waals surface area contributed by atoms with E-state index in [2.05, 4.69) is 0 Å². The number of aliphatic carboxylic acids is 2. The lowest BCUT2D eigenvalue weighted by molar-refractivity contribution is -0.153. The van der Waals surface area contributed by atoms with Gasteiger partial charge >= 0.3 is 19.8 Å². The summed E-state index contributed by atoms with van der Waals surface area (Å²) in [5.74, 6) is -3.91. The SMILES string of the molecule is CC(C(=O)O)C(=O)O.O=P(O)(O)O. The predicted octanol–water partition coefficient (Wildman–Crippen LogP) is -1.14. The average Bonchev–Trinajstić information content (AvgIpc) is 1.81. The summed E-state index contributed by atoms with van der Waals surface area (Å²) in [6, 6.07) is 0. The largest absolute Gasteiger partial charge is 0.481 e. The molecule has 0 radical (unpaired) electrons. The Hall–Kier alpha value is -0.950. The molecule has 13 heavy (non-hydrogen) atoms. The molecule has 0 rings (SSSR count). The molecule has 0 unspecified atom stereocenters. The number of phosphoric acid groups is 1. The quantitative estimate of drug-likeness (QED) is 0.287. The molecule has 0 aliphatic heterocycles. The molecular weight excluding hydrogens is 207 g/mol. The van der Waals surface area contributed by atoms with Crippen LogP contribution in [-0.4, -0.2) is 36.8 Å². The highest BCUT2D eigenvalue weighted by Crippen LogP contribution is 2.25. The Bertz CT molecular complexity index is 206. The van der Waals surface area contributed by atoms with Gasteiger partial charge in [-0.3, -0.25) is 9.59 Å². The normalized spacial score (nSPS) is 10.2. The third-order valence-electron chi connectivity index (χ3n) is 0.741. The summed E-state index contributed by atoms with van der Waals surface area (Å²) < 4.78 is 8.88. The maximum absolute atomic E-state index is 9.76. The standard InChI is InChI=1S/C4H6O4.H3O4P/c1-2(3(5)6)4(7)8;1-5(2,3)4/h2H,1H3,(H,5,6)(H,7,8);(H3,1,2,3,4). The van der Waals surface area contributed by atoms with Crippen LogP contribution in [0.3, 0.4) is 0 Å². The lowest BCUT2D eigenvalue weighted by Gasteiger charge is -1.94. The molecule has 0 aliphatic rings. The van der Waals surface area contributed by atoms with E-state index in [1.165, 1.54) is 0 Å². The number of hydrogen-bond acceptors (Lipinski definition) is 3. The minimum atomic E-state index is -4.64. The second-order valence-electron chi connectivity index (χ2n) is 1.91. The van der Waals surface area contributed by atoms with E-state index in [1.54, 1.807) is 0 Å². The molecule has 0 spiro atoms. The Kier molecular flexibility index (Phi) is 6.34. The molecule has 5 N–H and O–H groups in total. The van der Waals surface area contributed by atoms with Crippen molar-refractivity contribution in [3.8, 4) is 0 Å². The zero-order valence-corrected chi connectivity index (χ0v) is 7.38. The van der Waals surface area contributed by atoms with Crippen molar-refractivity contribution in [3.63, 3.8) is 0 Å². The fourth-order valence-corrected chi connectivity index (χ4v) is 0.106. The average molecular weight is 216 g/mol. The van der Waals surface area contributed by atoms with Crippen molar-refractivity contribution >= 4 is 19.8 Å². The lowest BCUT2D eigenvalue weighted by Crippen LogP contribution is -2.19. The topological polar surface area (TPSA) is 152 Å². The lowest BCUT2D eigenvalue weighted by atomic mass is 10.2. The Morgan fingerprint density at radius 3 is 1.23 bits per heavy atom. The zero-order valence-electron chi connectivity index (χ0n) is 6.49. The molecule has 0 aromatic heterocycles. The highest BCUT2D eigenvalue weighted by atomic mass is 31.2. The summed E-state index contributed by atoms with van der Waals surface area (Å²) in [5.41, 5.74) is 0. The van der Waals surface area contributed by atoms with Crippen molar-refractivity contribution in [2.45, 2.75) is 6.92 Å². The van der Waals surface area contributed by atoms with E-state index in [9.17, 15) is 9.59 Å². The highest BCUT2D eigenvalue weighted by Gasteiger charge is 2.18. The summed E-state index contributed by atoms with van der Waals surface area (Å²) in [7, 11) is -4.64. The van der Waals surface area contributed by atoms with Crippen LogP contribution in [0.5, 0.6) is 0 Å². The van der Waals surface area contributed by atoms with E-state index in [0.29, 0.717) is 0 Å². The van der Waals surface area contributed by atoms with Crippen molar-refractivity contribution in [1.82, 2.24) is 0 Å². The van der Waals surface area contributed by atoms with Crippen LogP contribution in [0.2, 0.25) is 0 Å². The van der Waals surface area contributed by atoms with Crippen molar-refractivity contribution in [1.29, 1.82) is 0 Å². The molecule has 8 nitrogen and oxygen atoms in total. The third kappa shape index (κ3) is 18.2. The molecule has 0 heterocycles. The molecule has 0 aromatic rings. The maximum atomic E-state index is 9.76. The van der Waals surface area contributed by atoms with Crippen LogP contribution in [0.25, 0.3) is 0 Å². The molecule has 9 heteroatoms. The van der Waals surface area contributed by atoms with Crippen molar-refractivity contribution in [3.05, 3.63) is 0 Å². The molecule has 0 amide bonds. The van der Waals surface area contributed by atoms with Gasteiger partial charge in [0.25, 0.3) is 0 Å². The minimum Gasteiger partial charge on any atom is -0.481 e. The molecule has 0 aromatic carbocycles. The number of carboxylic acids is 2. The van der Waals surface area contributed by atoms with Gasteiger partial charge in [0, 0.05) is 0 Å². The van der Waals surface area contributed by atoms with Crippen LogP contribution >= 0.6 is 7.82 Å². The Morgan fingerprint density at radius 1 is 1.08 bits per heavy atom. The van der Waals surface area contributed by atoms with Gasteiger partial charge < -0.3 is 24.9 Å². The van der Waals surface area contributed by atoms with Gasteiger partial charge in [0.2, 0.25) is 0 Å². The summed E-state index contributed by atoms with van der Waals surface area (Å²) in [4.78, 5) is 41.1. The highest BCUT2D eigenvalue weighted by molar-refractivity contribution is 7.45. The van der Waals surface area contributed by atoms with E-state index in [4.69, 9.17) is 29.5 Å². The van der Waals surface area contributed by atoms with Crippen LogP contribution in [0, 0.1) is 5.92 Å². The first kappa shape index (κ1) is 14.6. The first-order chi connectivity index (χ1) is 5.55. The van der Waals surface area contributed by atoms with E-state index in [-0.39, 0.29) is 0 Å². The van der Waals surface area contributed by atoms with E-state index < -0.39 is 25.7 Å². The molecule has 0 bridgehead atoms. The molecule has 0 fully saturated rings. The fourth-order valence-electron chi connectivity index (χ4n) is 0.106. The van der Waals surface area contributed by atoms with Gasteiger partial charge in [0.15, 0.2) is 5.92 Å². The summed E-state index contributed by atoms with van der Waals surface area (Å²) in [6.45, 7) is 1.12. The number of carboxylic acid groups (broad SMARTS) is 2. The van der Waals surface area contributed by atoms with Crippen molar-refractivity contribution in [2.75, 3.05) is 0 Å². The Balaban J connectivity index is 0. The van der Waals surface area contributed by atoms with Gasteiger partial charge in [0.1, 0.15) is 0 Å². The van der Waals surface area contributed by atoms with Crippen LogP contribution in [0.4, 0.5) is 0 Å². The van der Waals surface area contributed by atoms with Gasteiger partial charge in [-0.05, 0) is 6.92 Å². The smallest absolute Gasteiger partial charge is 0.466 e. The molecule has 0 saturated heterocycles. The van der Waals surface area contributed by atoms with E-state index >= 15 is 0 Å². The molecule has 78 valence electrons. The van der Waals surface area contributed by atoms with Crippen molar-refractivity contribution < 1.29 is 39.0 Å². The van der Waals surface area contributed by atoms with Crippen LogP contribution in [0.1, 0.15) is 6.92 Å². The fraction of sp³-hybridized carbons (Fsp3) is 0.500. The van der Waals surface area contributed by atoms with Gasteiger partial charge in [-0.25, -0.2) is 4.57 Å². The van der Waals surface area contributed by atoms with Gasteiger partial charge in [-0.15, -0.1) is 0 Å². The minimum absolute atomic E-state index is 1.12. The monoisotopic (exact) mass is 216 g/mol. The summed E-state index contributed by atoms with van der Waals surface area (Å²) in [6.07, 6.45) is 0. The molecule has 0 aliphatic carbocycles. The maximum Gasteiger partial charge on any atom is 0.466 e. The first-order valence-electron chi connectivity index (χ1n) is 2.79. The summed E-state index contributed by atoms with van der Waals surface area (Å²) >= 11 is 0. The van der Waals surface area contributed by atoms with Crippen LogP contribution < -0.4 is 0 Å². The Labute approximate surface area is 72.7 Å². The molecule has 0 saturated carbocycles. The second-order valence-corrected chi connectivity index (χ2v) is 2.94. The van der Waals surface area contributed by atoms with Gasteiger partial charge in [-0.2, -0.15) is 0 Å². The second kappa shape index (κ2) is 5.65. The van der Waals surface area contributed by atoms with Crippen LogP contribution in [-0.2, 0) is 14.2 Å². The molecular formula is C4H9O8P. The number of hydrogen-bond donors (Lipinski definition) is 5. The Morgan fingerprint density at radius 2 is 1.23 bits per heavy atom. The number of rotatable bonds is 2. The van der Waals surface area contributed by atoms with E-state index in [0.717, 1.165) is 6.92 Å². The predicted molar refractivity (Wildman–Crippen MR) is 38.7 cm³/mol. The van der Waals surface area contributed by atoms with Gasteiger partial charge in [-0.1, -0.05) is 0 Å². The van der Waals surface area contributed by atoms with Crippen LogP contribution in [0.15, 0.2) is 0 Å². The summed E-state index contributed by atoms with van der Waals surface area (Å²) in [5, 5.41) is 15.9. The first-order valence-corrected chi connectivity index (χ1v) is 4.36. The van der Waals surface area contributed by atoms with Gasteiger partial charge in [0.05, 0.1) is 0 Å². The van der Waals surface area contributed by atoms with Crippen molar-refractivity contribution in [2.24, 2.45) is 5.92 Å². The zero-order chi connectivity index (χ0) is 11.2. The molecule has 0 atom stereocenters. The number of carbonyl (C=O) groups is 2. The third-order valence-corrected chi connectivity index (χ3v) is 0.741.